The number of hydrogen-bond acceptors (Lipinski definition) is 4. The van der Waals surface area contributed by atoms with Crippen LogP contribution in [-0.2, 0) is 4.74 Å². The number of carbonyl (C=O) groups excluding carboxylic acids is 1. The van der Waals surface area contributed by atoms with E-state index in [9.17, 15) is 4.79 Å². The van der Waals surface area contributed by atoms with Crippen molar-refractivity contribution in [3.8, 4) is 5.82 Å². The summed E-state index contributed by atoms with van der Waals surface area (Å²) in [6.07, 6.45) is 0.955. The van der Waals surface area contributed by atoms with Gasteiger partial charge >= 0.3 is 6.09 Å². The lowest BCUT2D eigenvalue weighted by molar-refractivity contribution is 0.174. The van der Waals surface area contributed by atoms with Gasteiger partial charge in [0, 0.05) is 11.5 Å². The number of aromatic nitrogens is 3. The minimum absolute atomic E-state index is 0.144. The van der Waals surface area contributed by atoms with Gasteiger partial charge in [0.2, 0.25) is 0 Å². The second-order valence-corrected chi connectivity index (χ2v) is 6.37. The fourth-order valence-electron chi connectivity index (χ4n) is 2.97. The Balaban J connectivity index is 2.07. The summed E-state index contributed by atoms with van der Waals surface area (Å²) in [6.45, 7) is 11.7. The lowest BCUT2D eigenvalue weighted by Gasteiger charge is -2.12. The van der Waals surface area contributed by atoms with Crippen LogP contribution in [0.4, 0.5) is 10.6 Å². The summed E-state index contributed by atoms with van der Waals surface area (Å²) in [5.74, 6) is 1.15. The van der Waals surface area contributed by atoms with Gasteiger partial charge in [-0.3, -0.25) is 5.32 Å². The Labute approximate surface area is 152 Å². The zero-order valence-electron chi connectivity index (χ0n) is 15.5. The largest absolute Gasteiger partial charge is 0.445 e. The Morgan fingerprint density at radius 3 is 2.69 bits per heavy atom. The van der Waals surface area contributed by atoms with Crippen molar-refractivity contribution in [3.63, 3.8) is 0 Å². The predicted octanol–water partition coefficient (Wildman–Crippen LogP) is 4.39. The fraction of sp³-hybridized carbons (Fsp3) is 0.250. The van der Waals surface area contributed by atoms with Gasteiger partial charge in [0.1, 0.15) is 12.4 Å². The van der Waals surface area contributed by atoms with Crippen molar-refractivity contribution in [2.75, 3.05) is 11.9 Å². The highest BCUT2D eigenvalue weighted by molar-refractivity contribution is 5.87. The summed E-state index contributed by atoms with van der Waals surface area (Å²) in [5, 5.41) is 8.30. The first kappa shape index (κ1) is 17.7. The quantitative estimate of drug-likeness (QED) is 0.709. The van der Waals surface area contributed by atoms with Crippen molar-refractivity contribution in [2.45, 2.75) is 27.7 Å². The standard InChI is InChI=1S/C20H22N4O2/c1-6-7-26-20(25)22-18-11-15(5)23-24(18)17-10-13(3)16-9-12(2)8-14(4)19(16)21-17/h6,8-11H,1,7H2,2-5H3,(H,22,25). The van der Waals surface area contributed by atoms with E-state index < -0.39 is 6.09 Å². The average Bonchev–Trinajstić information content (AvgIpc) is 2.94. The maximum Gasteiger partial charge on any atom is 0.413 e. The summed E-state index contributed by atoms with van der Waals surface area (Å²) in [4.78, 5) is 16.7. The topological polar surface area (TPSA) is 69.0 Å². The monoisotopic (exact) mass is 350 g/mol. The van der Waals surface area contributed by atoms with Gasteiger partial charge in [0.25, 0.3) is 0 Å². The van der Waals surface area contributed by atoms with Crippen molar-refractivity contribution in [1.82, 2.24) is 14.8 Å². The fourth-order valence-corrected chi connectivity index (χ4v) is 2.97. The number of hydrogen-bond donors (Lipinski definition) is 1. The second kappa shape index (κ2) is 7.00. The zero-order valence-corrected chi connectivity index (χ0v) is 15.5. The van der Waals surface area contributed by atoms with E-state index in [-0.39, 0.29) is 6.61 Å². The third-order valence-corrected chi connectivity index (χ3v) is 4.05. The van der Waals surface area contributed by atoms with Gasteiger partial charge in [-0.2, -0.15) is 9.78 Å². The summed E-state index contributed by atoms with van der Waals surface area (Å²) < 4.78 is 6.61. The molecule has 0 fully saturated rings. The number of carbonyl (C=O) groups is 1. The van der Waals surface area contributed by atoms with Crippen LogP contribution in [0.1, 0.15) is 22.4 Å². The number of fused-ring (bicyclic) bond motifs is 1. The van der Waals surface area contributed by atoms with Crippen molar-refractivity contribution < 1.29 is 9.53 Å². The molecular weight excluding hydrogens is 328 g/mol. The van der Waals surface area contributed by atoms with Crippen molar-refractivity contribution in [1.29, 1.82) is 0 Å². The first-order valence-electron chi connectivity index (χ1n) is 8.39. The molecule has 1 amide bonds. The molecule has 0 saturated carbocycles. The molecule has 134 valence electrons. The molecule has 6 heteroatoms. The van der Waals surface area contributed by atoms with E-state index in [1.807, 2.05) is 26.8 Å². The first-order valence-corrected chi connectivity index (χ1v) is 8.39. The number of nitrogens with zero attached hydrogens (tertiary/aromatic N) is 3. The van der Waals surface area contributed by atoms with Crippen LogP contribution >= 0.6 is 0 Å². The molecule has 0 atom stereocenters. The molecule has 3 aromatic rings. The van der Waals surface area contributed by atoms with Crippen molar-refractivity contribution in [2.24, 2.45) is 0 Å². The number of pyridine rings is 1. The molecule has 1 aromatic carbocycles. The molecule has 2 heterocycles. The molecule has 0 spiro atoms. The molecule has 0 saturated heterocycles. The van der Waals surface area contributed by atoms with E-state index in [1.165, 1.54) is 11.6 Å². The van der Waals surface area contributed by atoms with Crippen LogP contribution in [-0.4, -0.2) is 27.5 Å². The van der Waals surface area contributed by atoms with Gasteiger partial charge in [-0.25, -0.2) is 9.78 Å². The number of aryl methyl sites for hydroxylation is 4. The second-order valence-electron chi connectivity index (χ2n) is 6.37. The first-order chi connectivity index (χ1) is 12.4. The molecule has 6 nitrogen and oxygen atoms in total. The van der Waals surface area contributed by atoms with Gasteiger partial charge in [-0.15, -0.1) is 0 Å². The minimum Gasteiger partial charge on any atom is -0.445 e. The highest BCUT2D eigenvalue weighted by Gasteiger charge is 2.14. The molecule has 0 aliphatic heterocycles. The number of anilines is 1. The maximum absolute atomic E-state index is 11.9. The highest BCUT2D eigenvalue weighted by Crippen LogP contribution is 2.25. The molecule has 3 rings (SSSR count). The van der Waals surface area contributed by atoms with Crippen LogP contribution in [0.5, 0.6) is 0 Å². The molecule has 0 aliphatic rings. The molecule has 1 N–H and O–H groups in total. The Morgan fingerprint density at radius 1 is 1.19 bits per heavy atom. The van der Waals surface area contributed by atoms with E-state index >= 15 is 0 Å². The zero-order chi connectivity index (χ0) is 18.8. The van der Waals surface area contributed by atoms with Crippen molar-refractivity contribution >= 4 is 22.8 Å². The third-order valence-electron chi connectivity index (χ3n) is 4.05. The van der Waals surface area contributed by atoms with E-state index in [0.29, 0.717) is 11.6 Å². The Morgan fingerprint density at radius 2 is 1.96 bits per heavy atom. The highest BCUT2D eigenvalue weighted by atomic mass is 16.5. The van der Waals surface area contributed by atoms with E-state index in [1.54, 1.807) is 10.7 Å². The van der Waals surface area contributed by atoms with Crippen LogP contribution in [0.15, 0.2) is 36.9 Å². The Kier molecular flexibility index (Phi) is 4.75. The predicted molar refractivity (Wildman–Crippen MR) is 103 cm³/mol. The van der Waals surface area contributed by atoms with Crippen LogP contribution < -0.4 is 5.32 Å². The summed E-state index contributed by atoms with van der Waals surface area (Å²) in [7, 11) is 0. The van der Waals surface area contributed by atoms with Gasteiger partial charge in [-0.1, -0.05) is 24.3 Å². The summed E-state index contributed by atoms with van der Waals surface area (Å²) in [6, 6.07) is 7.99. The Bertz CT molecular complexity index is 1000. The minimum atomic E-state index is -0.560. The lowest BCUT2D eigenvalue weighted by atomic mass is 10.0. The molecule has 0 radical (unpaired) electrons. The van der Waals surface area contributed by atoms with Crippen LogP contribution in [0, 0.1) is 27.7 Å². The van der Waals surface area contributed by atoms with E-state index in [0.717, 1.165) is 27.7 Å². The molecule has 0 aliphatic carbocycles. The molecule has 2 aromatic heterocycles. The van der Waals surface area contributed by atoms with Crippen LogP contribution in [0.25, 0.3) is 16.7 Å². The number of amides is 1. The molecule has 0 bridgehead atoms. The summed E-state index contributed by atoms with van der Waals surface area (Å²) >= 11 is 0. The van der Waals surface area contributed by atoms with Gasteiger partial charge in [-0.05, 0) is 51.0 Å². The third kappa shape index (κ3) is 3.44. The van der Waals surface area contributed by atoms with Gasteiger partial charge in [0.15, 0.2) is 5.82 Å². The number of rotatable bonds is 4. The maximum atomic E-state index is 11.9. The normalized spacial score (nSPS) is 10.8. The van der Waals surface area contributed by atoms with Gasteiger partial charge < -0.3 is 4.74 Å². The van der Waals surface area contributed by atoms with Crippen LogP contribution in [0.3, 0.4) is 0 Å². The van der Waals surface area contributed by atoms with E-state index in [4.69, 9.17) is 9.72 Å². The van der Waals surface area contributed by atoms with Crippen LogP contribution in [0.2, 0.25) is 0 Å². The van der Waals surface area contributed by atoms with Crippen molar-refractivity contribution in [3.05, 3.63) is 59.3 Å². The number of benzene rings is 1. The van der Waals surface area contributed by atoms with Gasteiger partial charge in [0.05, 0.1) is 11.2 Å². The summed E-state index contributed by atoms with van der Waals surface area (Å²) in [5.41, 5.74) is 5.11. The average molecular weight is 350 g/mol. The smallest absolute Gasteiger partial charge is 0.413 e. The lowest BCUT2D eigenvalue weighted by Crippen LogP contribution is -2.17. The number of nitrogens with one attached hydrogen (secondary N) is 1. The molecular formula is C20H22N4O2. The SMILES string of the molecule is C=CCOC(=O)Nc1cc(C)nn1-c1cc(C)c2cc(C)cc(C)c2n1. The molecule has 0 unspecified atom stereocenters. The van der Waals surface area contributed by atoms with E-state index in [2.05, 4.69) is 36.1 Å². The Hall–Kier alpha value is -3.15. The molecule has 26 heavy (non-hydrogen) atoms. The number of ether oxygens (including phenoxy) is 1.